The van der Waals surface area contributed by atoms with Crippen molar-refractivity contribution in [3.8, 4) is 0 Å². The van der Waals surface area contributed by atoms with Crippen LogP contribution in [0.3, 0.4) is 0 Å². The van der Waals surface area contributed by atoms with Gasteiger partial charge in [0.2, 0.25) is 0 Å². The molecule has 0 aliphatic heterocycles. The number of rotatable bonds is 3. The summed E-state index contributed by atoms with van der Waals surface area (Å²) in [6.45, 7) is 0.538. The van der Waals surface area contributed by atoms with Crippen molar-refractivity contribution >= 4 is 11.0 Å². The fourth-order valence-corrected chi connectivity index (χ4v) is 1.54. The van der Waals surface area contributed by atoms with Gasteiger partial charge in [0.15, 0.2) is 0 Å². The third-order valence-corrected chi connectivity index (χ3v) is 3.02. The molecule has 0 saturated heterocycles. The third kappa shape index (κ3) is 1.31. The largest absolute Gasteiger partial charge is 0.383 e. The highest BCUT2D eigenvalue weighted by molar-refractivity contribution is 7.84. The van der Waals surface area contributed by atoms with Crippen LogP contribution in [0.4, 0.5) is 0 Å². The van der Waals surface area contributed by atoms with Crippen LogP contribution >= 0.6 is 0 Å². The summed E-state index contributed by atoms with van der Waals surface area (Å²) in [6, 6.07) is 0. The van der Waals surface area contributed by atoms with Crippen LogP contribution in [0.1, 0.15) is 12.8 Å². The Kier molecular flexibility index (Phi) is 1.88. The minimum Gasteiger partial charge on any atom is -0.383 e. The van der Waals surface area contributed by atoms with Crippen molar-refractivity contribution in [2.75, 3.05) is 13.7 Å². The molecule has 0 radical (unpaired) electrons. The Labute approximate surface area is 57.2 Å². The van der Waals surface area contributed by atoms with Crippen LogP contribution in [0.25, 0.3) is 0 Å². The molecule has 0 heterocycles. The SMILES string of the molecule is COCC1(S(N)=O)CC1. The van der Waals surface area contributed by atoms with E-state index in [9.17, 15) is 4.21 Å². The molecule has 0 bridgehead atoms. The molecule has 0 spiro atoms. The van der Waals surface area contributed by atoms with Crippen molar-refractivity contribution in [2.24, 2.45) is 5.14 Å². The summed E-state index contributed by atoms with van der Waals surface area (Å²) in [5.41, 5.74) is 0. The van der Waals surface area contributed by atoms with E-state index < -0.39 is 11.0 Å². The molecular weight excluding hydrogens is 138 g/mol. The number of nitrogens with two attached hydrogens (primary N) is 1. The van der Waals surface area contributed by atoms with Crippen LogP contribution in [0.2, 0.25) is 0 Å². The quantitative estimate of drug-likeness (QED) is 0.603. The third-order valence-electron chi connectivity index (χ3n) is 1.64. The molecular formula is C5H11NO2S. The summed E-state index contributed by atoms with van der Waals surface area (Å²) in [7, 11) is 0.414. The molecule has 1 unspecified atom stereocenters. The molecule has 1 fully saturated rings. The van der Waals surface area contributed by atoms with E-state index in [0.29, 0.717) is 6.61 Å². The molecule has 0 aromatic carbocycles. The van der Waals surface area contributed by atoms with Gasteiger partial charge in [-0.3, -0.25) is 5.14 Å². The fraction of sp³-hybridized carbons (Fsp3) is 1.00. The molecule has 4 heteroatoms. The first-order chi connectivity index (χ1) is 4.21. The molecule has 1 aliphatic rings. The number of hydrogen-bond donors (Lipinski definition) is 1. The van der Waals surface area contributed by atoms with Gasteiger partial charge in [-0.25, -0.2) is 4.21 Å². The summed E-state index contributed by atoms with van der Waals surface area (Å²) in [5, 5.41) is 5.21. The Hall–Kier alpha value is 0.0700. The van der Waals surface area contributed by atoms with Gasteiger partial charge >= 0.3 is 0 Å². The van der Waals surface area contributed by atoms with Gasteiger partial charge in [-0.15, -0.1) is 0 Å². The highest BCUT2D eigenvalue weighted by atomic mass is 32.2. The molecule has 1 aliphatic carbocycles. The van der Waals surface area contributed by atoms with Crippen molar-refractivity contribution in [3.63, 3.8) is 0 Å². The summed E-state index contributed by atoms with van der Waals surface area (Å²) < 4.78 is 15.4. The number of methoxy groups -OCH3 is 1. The average Bonchev–Trinajstić information content (AvgIpc) is 2.49. The summed E-state index contributed by atoms with van der Waals surface area (Å²) in [5.74, 6) is 0. The van der Waals surface area contributed by atoms with Gasteiger partial charge in [0.05, 0.1) is 22.3 Å². The summed E-state index contributed by atoms with van der Waals surface area (Å²) in [4.78, 5) is 0. The second kappa shape index (κ2) is 2.36. The van der Waals surface area contributed by atoms with Crippen LogP contribution < -0.4 is 5.14 Å². The highest BCUT2D eigenvalue weighted by Gasteiger charge is 2.47. The standard InChI is InChI=1S/C5H11NO2S/c1-8-4-5(2-3-5)9(6)7/h2-4,6H2,1H3. The van der Waals surface area contributed by atoms with Crippen LogP contribution in [-0.4, -0.2) is 22.7 Å². The van der Waals surface area contributed by atoms with E-state index in [2.05, 4.69) is 0 Å². The Bertz CT molecular complexity index is 133. The Morgan fingerprint density at radius 3 is 2.44 bits per heavy atom. The van der Waals surface area contributed by atoms with Crippen LogP contribution in [-0.2, 0) is 15.7 Å². The predicted molar refractivity (Wildman–Crippen MR) is 36.2 cm³/mol. The lowest BCUT2D eigenvalue weighted by atomic mass is 10.4. The molecule has 1 saturated carbocycles. The number of ether oxygens (including phenoxy) is 1. The lowest BCUT2D eigenvalue weighted by Crippen LogP contribution is -2.28. The molecule has 0 aromatic heterocycles. The van der Waals surface area contributed by atoms with E-state index in [1.165, 1.54) is 0 Å². The molecule has 3 nitrogen and oxygen atoms in total. The van der Waals surface area contributed by atoms with Gasteiger partial charge < -0.3 is 4.74 Å². The lowest BCUT2D eigenvalue weighted by molar-refractivity contribution is 0.193. The van der Waals surface area contributed by atoms with E-state index in [4.69, 9.17) is 9.88 Å². The van der Waals surface area contributed by atoms with Gasteiger partial charge in [-0.1, -0.05) is 0 Å². The number of hydrogen-bond acceptors (Lipinski definition) is 2. The van der Waals surface area contributed by atoms with Crippen molar-refractivity contribution in [1.29, 1.82) is 0 Å². The van der Waals surface area contributed by atoms with Gasteiger partial charge in [-0.05, 0) is 12.8 Å². The van der Waals surface area contributed by atoms with Gasteiger partial charge in [0.1, 0.15) is 0 Å². The molecule has 9 heavy (non-hydrogen) atoms. The molecule has 1 atom stereocenters. The van der Waals surface area contributed by atoms with E-state index in [1.54, 1.807) is 7.11 Å². The Morgan fingerprint density at radius 1 is 1.78 bits per heavy atom. The first kappa shape index (κ1) is 7.18. The summed E-state index contributed by atoms with van der Waals surface area (Å²) >= 11 is 0. The van der Waals surface area contributed by atoms with E-state index in [1.807, 2.05) is 0 Å². The monoisotopic (exact) mass is 149 g/mol. The Balaban J connectivity index is 2.43. The van der Waals surface area contributed by atoms with Gasteiger partial charge in [-0.2, -0.15) is 0 Å². The van der Waals surface area contributed by atoms with Gasteiger partial charge in [0, 0.05) is 7.11 Å². The second-order valence-electron chi connectivity index (χ2n) is 2.41. The van der Waals surface area contributed by atoms with Crippen molar-refractivity contribution in [1.82, 2.24) is 0 Å². The molecule has 2 N–H and O–H groups in total. The van der Waals surface area contributed by atoms with Crippen molar-refractivity contribution < 1.29 is 8.95 Å². The zero-order chi connectivity index (χ0) is 6.91. The topological polar surface area (TPSA) is 52.3 Å². The molecule has 1 rings (SSSR count). The minimum atomic E-state index is -1.19. The van der Waals surface area contributed by atoms with E-state index in [-0.39, 0.29) is 4.75 Å². The molecule has 54 valence electrons. The van der Waals surface area contributed by atoms with E-state index >= 15 is 0 Å². The van der Waals surface area contributed by atoms with Gasteiger partial charge in [0.25, 0.3) is 0 Å². The lowest BCUT2D eigenvalue weighted by Gasteiger charge is -2.07. The minimum absolute atomic E-state index is 0.172. The van der Waals surface area contributed by atoms with Crippen LogP contribution in [0.15, 0.2) is 0 Å². The zero-order valence-electron chi connectivity index (χ0n) is 5.42. The van der Waals surface area contributed by atoms with Crippen molar-refractivity contribution in [2.45, 2.75) is 17.6 Å². The average molecular weight is 149 g/mol. The summed E-state index contributed by atoms with van der Waals surface area (Å²) in [6.07, 6.45) is 1.90. The first-order valence-corrected chi connectivity index (χ1v) is 4.08. The smallest absolute Gasteiger partial charge is 0.0974 e. The van der Waals surface area contributed by atoms with E-state index in [0.717, 1.165) is 12.8 Å². The second-order valence-corrected chi connectivity index (χ2v) is 3.87. The fourth-order valence-electron chi connectivity index (χ4n) is 0.806. The molecule has 0 amide bonds. The highest BCUT2D eigenvalue weighted by Crippen LogP contribution is 2.39. The zero-order valence-corrected chi connectivity index (χ0v) is 6.24. The van der Waals surface area contributed by atoms with Crippen molar-refractivity contribution in [3.05, 3.63) is 0 Å². The molecule has 0 aromatic rings. The maximum absolute atomic E-state index is 10.7. The normalized spacial score (nSPS) is 25.6. The maximum atomic E-state index is 10.7. The predicted octanol–water partition coefficient (Wildman–Crippen LogP) is -0.212. The van der Waals surface area contributed by atoms with Crippen LogP contribution in [0, 0.1) is 0 Å². The first-order valence-electron chi connectivity index (χ1n) is 2.86. The Morgan fingerprint density at radius 2 is 2.33 bits per heavy atom. The maximum Gasteiger partial charge on any atom is 0.0974 e. The van der Waals surface area contributed by atoms with Crippen LogP contribution in [0.5, 0.6) is 0 Å².